The molecule has 0 spiro atoms. The van der Waals surface area contributed by atoms with Gasteiger partial charge in [0.15, 0.2) is 0 Å². The maximum atomic E-state index is 3.76. The molecule has 0 heterocycles. The molecule has 0 saturated heterocycles. The summed E-state index contributed by atoms with van der Waals surface area (Å²) in [5.41, 5.74) is 1.83. The molecule has 2 fully saturated rings. The van der Waals surface area contributed by atoms with Crippen molar-refractivity contribution in [1.29, 1.82) is 0 Å². The van der Waals surface area contributed by atoms with Gasteiger partial charge < -0.3 is 5.32 Å². The quantitative estimate of drug-likeness (QED) is 0.822. The molecule has 1 N–H and O–H groups in total. The number of rotatable bonds is 4. The van der Waals surface area contributed by atoms with Gasteiger partial charge >= 0.3 is 0 Å². The van der Waals surface area contributed by atoms with Crippen LogP contribution in [0, 0.1) is 17.8 Å². The van der Waals surface area contributed by atoms with Crippen LogP contribution in [0.3, 0.4) is 0 Å². The van der Waals surface area contributed by atoms with Crippen LogP contribution in [0.1, 0.15) is 64.4 Å². The molecule has 1 aromatic rings. The highest BCUT2D eigenvalue weighted by atomic mass is 14.9. The molecule has 2 aliphatic carbocycles. The zero-order chi connectivity index (χ0) is 14.9. The van der Waals surface area contributed by atoms with Gasteiger partial charge in [0.2, 0.25) is 0 Å². The molecule has 2 aliphatic rings. The van der Waals surface area contributed by atoms with Crippen molar-refractivity contribution in [3.63, 3.8) is 0 Å². The first-order valence-electron chi connectivity index (χ1n) is 8.84. The Kier molecular flexibility index (Phi) is 4.40. The average Bonchev–Trinajstić information content (AvgIpc) is 3.26. The highest BCUT2D eigenvalue weighted by Crippen LogP contribution is 2.56. The highest BCUT2D eigenvalue weighted by molar-refractivity contribution is 5.26. The van der Waals surface area contributed by atoms with E-state index in [0.717, 1.165) is 23.7 Å². The predicted molar refractivity (Wildman–Crippen MR) is 90.5 cm³/mol. The molecule has 0 amide bonds. The minimum atomic E-state index is 0.254. The van der Waals surface area contributed by atoms with E-state index in [1.807, 2.05) is 0 Å². The Labute approximate surface area is 130 Å². The first kappa shape index (κ1) is 15.1. The number of hydrogen-bond acceptors (Lipinski definition) is 1. The smallest absolute Gasteiger partial charge is 0.00966 e. The molecular formula is C20H31N. The van der Waals surface area contributed by atoms with E-state index >= 15 is 0 Å². The molecule has 4 atom stereocenters. The van der Waals surface area contributed by atoms with Gasteiger partial charge in [-0.05, 0) is 75.8 Å². The van der Waals surface area contributed by atoms with Crippen LogP contribution in [0.4, 0.5) is 0 Å². The zero-order valence-electron chi connectivity index (χ0n) is 13.9. The van der Waals surface area contributed by atoms with Crippen molar-refractivity contribution in [2.24, 2.45) is 17.8 Å². The van der Waals surface area contributed by atoms with Crippen LogP contribution in [0.5, 0.6) is 0 Å². The van der Waals surface area contributed by atoms with E-state index in [2.05, 4.69) is 56.4 Å². The fourth-order valence-electron chi connectivity index (χ4n) is 4.26. The molecule has 2 saturated carbocycles. The lowest BCUT2D eigenvalue weighted by Crippen LogP contribution is -2.41. The van der Waals surface area contributed by atoms with Gasteiger partial charge in [-0.1, -0.05) is 43.2 Å². The molecule has 116 valence electrons. The van der Waals surface area contributed by atoms with E-state index in [0.29, 0.717) is 0 Å². The molecular weight excluding hydrogens is 254 g/mol. The standard InChI is InChI=1S/C20H31N/c1-20(2,3)21-14-16-11-7-8-12-17(16)19-13-18(19)15-9-5-4-6-10-15/h4-6,9-10,16-19,21H,7-8,11-14H2,1-3H3. The van der Waals surface area contributed by atoms with E-state index in [-0.39, 0.29) is 5.54 Å². The Balaban J connectivity index is 1.61. The topological polar surface area (TPSA) is 12.0 Å². The lowest BCUT2D eigenvalue weighted by molar-refractivity contribution is 0.190. The minimum Gasteiger partial charge on any atom is -0.312 e. The van der Waals surface area contributed by atoms with Crippen molar-refractivity contribution in [2.45, 2.75) is 64.3 Å². The SMILES string of the molecule is CC(C)(C)NCC1CCCCC1C1CC1c1ccccc1. The Hall–Kier alpha value is -0.820. The number of hydrogen-bond donors (Lipinski definition) is 1. The molecule has 0 aliphatic heterocycles. The van der Waals surface area contributed by atoms with Crippen molar-refractivity contribution in [3.8, 4) is 0 Å². The van der Waals surface area contributed by atoms with Crippen molar-refractivity contribution in [3.05, 3.63) is 35.9 Å². The lowest BCUT2D eigenvalue weighted by atomic mass is 9.75. The number of nitrogens with one attached hydrogen (secondary N) is 1. The predicted octanol–water partition coefficient (Wildman–Crippen LogP) is 4.98. The Bertz CT molecular complexity index is 445. The Morgan fingerprint density at radius 1 is 1.00 bits per heavy atom. The van der Waals surface area contributed by atoms with Gasteiger partial charge in [0.1, 0.15) is 0 Å². The second kappa shape index (κ2) is 6.12. The molecule has 0 bridgehead atoms. The van der Waals surface area contributed by atoms with Crippen LogP contribution < -0.4 is 5.32 Å². The Morgan fingerprint density at radius 2 is 1.71 bits per heavy atom. The van der Waals surface area contributed by atoms with Crippen LogP contribution in [0.25, 0.3) is 0 Å². The first-order valence-corrected chi connectivity index (χ1v) is 8.84. The first-order chi connectivity index (χ1) is 10.0. The van der Waals surface area contributed by atoms with Crippen molar-refractivity contribution in [2.75, 3.05) is 6.54 Å². The molecule has 1 nitrogen and oxygen atoms in total. The monoisotopic (exact) mass is 285 g/mol. The fourth-order valence-corrected chi connectivity index (χ4v) is 4.26. The van der Waals surface area contributed by atoms with Crippen LogP contribution >= 0.6 is 0 Å². The van der Waals surface area contributed by atoms with Gasteiger partial charge in [-0.25, -0.2) is 0 Å². The van der Waals surface area contributed by atoms with Crippen LogP contribution in [0.2, 0.25) is 0 Å². The molecule has 1 aromatic carbocycles. The van der Waals surface area contributed by atoms with Gasteiger partial charge in [-0.3, -0.25) is 0 Å². The summed E-state index contributed by atoms with van der Waals surface area (Å²) in [6, 6.07) is 11.2. The van der Waals surface area contributed by atoms with Crippen LogP contribution in [-0.4, -0.2) is 12.1 Å². The third kappa shape index (κ3) is 3.88. The third-order valence-corrected chi connectivity index (χ3v) is 5.48. The molecule has 0 radical (unpaired) electrons. The summed E-state index contributed by atoms with van der Waals surface area (Å²) in [7, 11) is 0. The molecule has 4 unspecified atom stereocenters. The largest absolute Gasteiger partial charge is 0.312 e. The average molecular weight is 285 g/mol. The summed E-state index contributed by atoms with van der Waals surface area (Å²) >= 11 is 0. The van der Waals surface area contributed by atoms with E-state index in [1.54, 1.807) is 5.56 Å². The van der Waals surface area contributed by atoms with Gasteiger partial charge in [0, 0.05) is 5.54 Å². The molecule has 1 heteroatoms. The highest BCUT2D eigenvalue weighted by Gasteiger charge is 2.46. The van der Waals surface area contributed by atoms with Crippen LogP contribution in [0.15, 0.2) is 30.3 Å². The van der Waals surface area contributed by atoms with Gasteiger partial charge in [0.05, 0.1) is 0 Å². The normalized spacial score (nSPS) is 32.9. The lowest BCUT2D eigenvalue weighted by Gasteiger charge is -2.34. The van der Waals surface area contributed by atoms with Crippen molar-refractivity contribution < 1.29 is 0 Å². The van der Waals surface area contributed by atoms with Crippen LogP contribution in [-0.2, 0) is 0 Å². The maximum absolute atomic E-state index is 3.76. The summed E-state index contributed by atoms with van der Waals surface area (Å²) in [4.78, 5) is 0. The molecule has 0 aromatic heterocycles. The number of benzene rings is 1. The van der Waals surface area contributed by atoms with Crippen molar-refractivity contribution in [1.82, 2.24) is 5.32 Å². The molecule has 3 rings (SSSR count). The maximum Gasteiger partial charge on any atom is 0.00966 e. The summed E-state index contributed by atoms with van der Waals surface area (Å²) in [5, 5.41) is 3.76. The fraction of sp³-hybridized carbons (Fsp3) is 0.700. The van der Waals surface area contributed by atoms with E-state index in [4.69, 9.17) is 0 Å². The summed E-state index contributed by atoms with van der Waals surface area (Å²) in [6.07, 6.45) is 7.22. The summed E-state index contributed by atoms with van der Waals surface area (Å²) < 4.78 is 0. The minimum absolute atomic E-state index is 0.254. The van der Waals surface area contributed by atoms with E-state index in [1.165, 1.54) is 38.6 Å². The molecule has 21 heavy (non-hydrogen) atoms. The van der Waals surface area contributed by atoms with E-state index < -0.39 is 0 Å². The van der Waals surface area contributed by atoms with E-state index in [9.17, 15) is 0 Å². The van der Waals surface area contributed by atoms with Gasteiger partial charge in [0.25, 0.3) is 0 Å². The van der Waals surface area contributed by atoms with Gasteiger partial charge in [-0.2, -0.15) is 0 Å². The summed E-state index contributed by atoms with van der Waals surface area (Å²) in [6.45, 7) is 8.07. The summed E-state index contributed by atoms with van der Waals surface area (Å²) in [5.74, 6) is 3.67. The zero-order valence-corrected chi connectivity index (χ0v) is 13.9. The van der Waals surface area contributed by atoms with Crippen molar-refractivity contribution >= 4 is 0 Å². The Morgan fingerprint density at radius 3 is 2.43 bits per heavy atom. The van der Waals surface area contributed by atoms with Gasteiger partial charge in [-0.15, -0.1) is 0 Å². The second-order valence-electron chi connectivity index (χ2n) is 8.26. The second-order valence-corrected chi connectivity index (χ2v) is 8.26. The third-order valence-electron chi connectivity index (χ3n) is 5.48.